The summed E-state index contributed by atoms with van der Waals surface area (Å²) in [5, 5.41) is 9.36. The number of aromatic nitrogens is 4. The molecule has 0 aliphatic heterocycles. The topological polar surface area (TPSA) is 84.2 Å². The fourth-order valence-corrected chi connectivity index (χ4v) is 2.39. The first-order chi connectivity index (χ1) is 12.4. The van der Waals surface area contributed by atoms with Gasteiger partial charge in [0.1, 0.15) is 11.3 Å². The first-order valence-electron chi connectivity index (χ1n) is 7.71. The Hall–Kier alpha value is -3.17. The van der Waals surface area contributed by atoms with Crippen molar-refractivity contribution in [2.24, 2.45) is 0 Å². The van der Waals surface area contributed by atoms with E-state index in [-0.39, 0.29) is 23.4 Å². The standard InChI is InChI=1S/C16H15F3N6O/c1-10-7-13(16(17,18)19)25-14(24-10)12(9-23-25)15(26)22-6-5-21-11-3-2-4-20-8-11/h2-4,7-9,21H,5-6H2,1H3,(H,22,26). The number of halogens is 3. The second-order valence-electron chi connectivity index (χ2n) is 5.50. The zero-order valence-corrected chi connectivity index (χ0v) is 13.7. The molecule has 0 bridgehead atoms. The van der Waals surface area contributed by atoms with Gasteiger partial charge in [0, 0.05) is 31.2 Å². The number of rotatable bonds is 5. The van der Waals surface area contributed by atoms with Crippen LogP contribution in [0.4, 0.5) is 18.9 Å². The minimum absolute atomic E-state index is 0.0134. The van der Waals surface area contributed by atoms with E-state index < -0.39 is 17.8 Å². The van der Waals surface area contributed by atoms with Gasteiger partial charge < -0.3 is 10.6 Å². The zero-order chi connectivity index (χ0) is 18.7. The highest BCUT2D eigenvalue weighted by molar-refractivity contribution is 5.99. The Bertz CT molecular complexity index is 923. The van der Waals surface area contributed by atoms with Gasteiger partial charge >= 0.3 is 6.18 Å². The lowest BCUT2D eigenvalue weighted by molar-refractivity contribution is -0.142. The Morgan fingerprint density at radius 2 is 2.08 bits per heavy atom. The average molecular weight is 364 g/mol. The van der Waals surface area contributed by atoms with Crippen LogP contribution in [-0.4, -0.2) is 38.6 Å². The molecule has 0 radical (unpaired) electrons. The molecule has 0 spiro atoms. The monoisotopic (exact) mass is 364 g/mol. The van der Waals surface area contributed by atoms with E-state index in [0.717, 1.165) is 18.0 Å². The molecule has 1 amide bonds. The molecule has 0 aromatic carbocycles. The summed E-state index contributed by atoms with van der Waals surface area (Å²) in [5.41, 5.74) is -0.171. The van der Waals surface area contributed by atoms with Crippen LogP contribution in [0.5, 0.6) is 0 Å². The second kappa shape index (κ2) is 6.98. The van der Waals surface area contributed by atoms with E-state index in [0.29, 0.717) is 11.1 Å². The van der Waals surface area contributed by atoms with Gasteiger partial charge in [-0.25, -0.2) is 9.50 Å². The molecule has 0 unspecified atom stereocenters. The van der Waals surface area contributed by atoms with Crippen LogP contribution in [0.1, 0.15) is 21.7 Å². The Labute approximate surface area is 146 Å². The lowest BCUT2D eigenvalue weighted by Crippen LogP contribution is -2.28. The first-order valence-corrected chi connectivity index (χ1v) is 7.71. The summed E-state index contributed by atoms with van der Waals surface area (Å²) in [7, 11) is 0. The molecule has 0 aliphatic carbocycles. The zero-order valence-electron chi connectivity index (χ0n) is 13.7. The summed E-state index contributed by atoms with van der Waals surface area (Å²) in [6, 6.07) is 4.48. The summed E-state index contributed by atoms with van der Waals surface area (Å²) < 4.78 is 40.0. The highest BCUT2D eigenvalue weighted by Gasteiger charge is 2.35. The maximum Gasteiger partial charge on any atom is 0.433 e. The lowest BCUT2D eigenvalue weighted by Gasteiger charge is -2.10. The first kappa shape index (κ1) is 17.6. The Kier molecular flexibility index (Phi) is 4.74. The molecule has 0 saturated carbocycles. The Morgan fingerprint density at radius 1 is 1.27 bits per heavy atom. The molecule has 0 saturated heterocycles. The highest BCUT2D eigenvalue weighted by atomic mass is 19.4. The van der Waals surface area contributed by atoms with E-state index in [2.05, 4.69) is 25.7 Å². The minimum atomic E-state index is -4.60. The van der Waals surface area contributed by atoms with Crippen LogP contribution in [0.2, 0.25) is 0 Å². The molecule has 0 fully saturated rings. The van der Waals surface area contributed by atoms with Gasteiger partial charge in [-0.05, 0) is 25.1 Å². The number of aryl methyl sites for hydroxylation is 1. The normalized spacial score (nSPS) is 11.5. The second-order valence-corrected chi connectivity index (χ2v) is 5.50. The van der Waals surface area contributed by atoms with Gasteiger partial charge in [-0.2, -0.15) is 18.3 Å². The summed E-state index contributed by atoms with van der Waals surface area (Å²) in [6.07, 6.45) is -0.235. The van der Waals surface area contributed by atoms with Crippen molar-refractivity contribution in [2.75, 3.05) is 18.4 Å². The third-order valence-electron chi connectivity index (χ3n) is 3.54. The maximum atomic E-state index is 13.1. The van der Waals surface area contributed by atoms with Gasteiger partial charge in [0.2, 0.25) is 0 Å². The van der Waals surface area contributed by atoms with Crippen molar-refractivity contribution >= 4 is 17.2 Å². The van der Waals surface area contributed by atoms with Crippen molar-refractivity contribution < 1.29 is 18.0 Å². The molecular weight excluding hydrogens is 349 g/mol. The van der Waals surface area contributed by atoms with Crippen LogP contribution in [-0.2, 0) is 6.18 Å². The van der Waals surface area contributed by atoms with E-state index in [4.69, 9.17) is 0 Å². The number of carbonyl (C=O) groups is 1. The van der Waals surface area contributed by atoms with Gasteiger partial charge in [0.15, 0.2) is 5.65 Å². The third-order valence-corrected chi connectivity index (χ3v) is 3.54. The SMILES string of the molecule is Cc1cc(C(F)(F)F)n2ncc(C(=O)NCCNc3cccnc3)c2n1. The molecule has 2 N–H and O–H groups in total. The largest absolute Gasteiger partial charge is 0.433 e. The van der Waals surface area contributed by atoms with Crippen LogP contribution in [0, 0.1) is 6.92 Å². The van der Waals surface area contributed by atoms with Gasteiger partial charge in [0.05, 0.1) is 11.9 Å². The summed E-state index contributed by atoms with van der Waals surface area (Å²) in [4.78, 5) is 20.2. The van der Waals surface area contributed by atoms with Crippen molar-refractivity contribution in [3.63, 3.8) is 0 Å². The van der Waals surface area contributed by atoms with E-state index in [1.54, 1.807) is 18.5 Å². The predicted molar refractivity (Wildman–Crippen MR) is 87.8 cm³/mol. The van der Waals surface area contributed by atoms with E-state index in [1.165, 1.54) is 6.92 Å². The summed E-state index contributed by atoms with van der Waals surface area (Å²) >= 11 is 0. The molecular formula is C16H15F3N6O. The van der Waals surface area contributed by atoms with Crippen molar-refractivity contribution in [3.8, 4) is 0 Å². The van der Waals surface area contributed by atoms with Gasteiger partial charge in [-0.1, -0.05) is 0 Å². The van der Waals surface area contributed by atoms with Crippen LogP contribution >= 0.6 is 0 Å². The maximum absolute atomic E-state index is 13.1. The number of carbonyl (C=O) groups excluding carboxylic acids is 1. The number of anilines is 1. The minimum Gasteiger partial charge on any atom is -0.382 e. The third kappa shape index (κ3) is 3.73. The lowest BCUT2D eigenvalue weighted by atomic mass is 10.2. The quantitative estimate of drug-likeness (QED) is 0.679. The number of hydrogen-bond acceptors (Lipinski definition) is 5. The molecule has 3 heterocycles. The van der Waals surface area contributed by atoms with Gasteiger partial charge in [-0.3, -0.25) is 9.78 Å². The molecule has 136 valence electrons. The highest BCUT2D eigenvalue weighted by Crippen LogP contribution is 2.30. The van der Waals surface area contributed by atoms with Crippen molar-refractivity contribution in [1.82, 2.24) is 24.9 Å². The summed E-state index contributed by atoms with van der Waals surface area (Å²) in [6.45, 7) is 2.13. The Morgan fingerprint density at radius 3 is 2.77 bits per heavy atom. The molecule has 0 atom stereocenters. The fraction of sp³-hybridized carbons (Fsp3) is 0.250. The molecule has 10 heteroatoms. The molecule has 3 rings (SSSR count). The number of alkyl halides is 3. The molecule has 3 aromatic heterocycles. The van der Waals surface area contributed by atoms with Crippen LogP contribution in [0.3, 0.4) is 0 Å². The smallest absolute Gasteiger partial charge is 0.382 e. The summed E-state index contributed by atoms with van der Waals surface area (Å²) in [5.74, 6) is -0.542. The van der Waals surface area contributed by atoms with E-state index in [1.807, 2.05) is 6.07 Å². The number of pyridine rings is 1. The predicted octanol–water partition coefficient (Wildman–Crippen LogP) is 2.29. The van der Waals surface area contributed by atoms with Crippen molar-refractivity contribution in [1.29, 1.82) is 0 Å². The fourth-order valence-electron chi connectivity index (χ4n) is 2.39. The number of amides is 1. The van der Waals surface area contributed by atoms with E-state index in [9.17, 15) is 18.0 Å². The van der Waals surface area contributed by atoms with Gasteiger partial charge in [0.25, 0.3) is 5.91 Å². The molecule has 0 aliphatic rings. The average Bonchev–Trinajstić information content (AvgIpc) is 3.01. The van der Waals surface area contributed by atoms with Crippen LogP contribution in [0.15, 0.2) is 36.8 Å². The molecule has 7 nitrogen and oxygen atoms in total. The molecule has 26 heavy (non-hydrogen) atoms. The Balaban J connectivity index is 1.72. The van der Waals surface area contributed by atoms with Crippen molar-refractivity contribution in [2.45, 2.75) is 13.1 Å². The van der Waals surface area contributed by atoms with Gasteiger partial charge in [-0.15, -0.1) is 0 Å². The van der Waals surface area contributed by atoms with Crippen LogP contribution < -0.4 is 10.6 Å². The molecule has 3 aromatic rings. The van der Waals surface area contributed by atoms with Crippen LogP contribution in [0.25, 0.3) is 5.65 Å². The number of nitrogens with one attached hydrogen (secondary N) is 2. The number of nitrogens with zero attached hydrogens (tertiary/aromatic N) is 4. The van der Waals surface area contributed by atoms with E-state index >= 15 is 0 Å². The van der Waals surface area contributed by atoms with Crippen molar-refractivity contribution in [3.05, 3.63) is 53.7 Å². The number of fused-ring (bicyclic) bond motifs is 1. The number of hydrogen-bond donors (Lipinski definition) is 2.